The molecule has 0 radical (unpaired) electrons. The average Bonchev–Trinajstić information content (AvgIpc) is 3.23. The zero-order valence-corrected chi connectivity index (χ0v) is 12.3. The first-order valence-electron chi connectivity index (χ1n) is 7.64. The molecule has 5 nitrogen and oxygen atoms in total. The molecule has 1 aromatic carbocycles. The number of aromatic hydroxyl groups is 1. The predicted octanol–water partition coefficient (Wildman–Crippen LogP) is 2.19. The van der Waals surface area contributed by atoms with E-state index in [4.69, 9.17) is 0 Å². The van der Waals surface area contributed by atoms with Gasteiger partial charge in [-0.15, -0.1) is 10.2 Å². The number of rotatable bonds is 3. The van der Waals surface area contributed by atoms with Gasteiger partial charge >= 0.3 is 0 Å². The van der Waals surface area contributed by atoms with Crippen LogP contribution < -0.4 is 0 Å². The number of hydrogen-bond donors (Lipinski definition) is 1. The molecule has 21 heavy (non-hydrogen) atoms. The van der Waals surface area contributed by atoms with E-state index in [2.05, 4.69) is 19.7 Å². The third kappa shape index (κ3) is 2.42. The van der Waals surface area contributed by atoms with E-state index in [0.717, 1.165) is 37.7 Å². The van der Waals surface area contributed by atoms with E-state index in [1.54, 1.807) is 6.07 Å². The minimum absolute atomic E-state index is 0.354. The van der Waals surface area contributed by atoms with Gasteiger partial charge in [0.2, 0.25) is 0 Å². The minimum Gasteiger partial charge on any atom is -0.508 e. The maximum absolute atomic E-state index is 9.65. The average molecular weight is 284 g/mol. The van der Waals surface area contributed by atoms with Crippen molar-refractivity contribution in [2.45, 2.75) is 45.3 Å². The Hall–Kier alpha value is -1.88. The van der Waals surface area contributed by atoms with Gasteiger partial charge in [-0.1, -0.05) is 6.07 Å². The van der Waals surface area contributed by atoms with E-state index in [0.29, 0.717) is 11.8 Å². The van der Waals surface area contributed by atoms with E-state index in [9.17, 15) is 5.11 Å². The highest BCUT2D eigenvalue weighted by Gasteiger charge is 2.29. The molecule has 1 aliphatic carbocycles. The lowest BCUT2D eigenvalue weighted by molar-refractivity contribution is 0.235. The van der Waals surface area contributed by atoms with Gasteiger partial charge in [0.15, 0.2) is 0 Å². The molecule has 0 bridgehead atoms. The molecule has 1 saturated carbocycles. The molecule has 0 atom stereocenters. The Bertz CT molecular complexity index is 675. The standard InChI is InChI=1S/C16H20N4O/c1-11-17-18-16(20(11)14-3-4-14)10-19-7-6-12-2-5-15(21)8-13(12)9-19/h2,5,8,14,21H,3-4,6-7,9-10H2,1H3. The van der Waals surface area contributed by atoms with Crippen LogP contribution in [0.3, 0.4) is 0 Å². The molecule has 1 N–H and O–H groups in total. The molecule has 1 aliphatic heterocycles. The second kappa shape index (κ2) is 4.84. The van der Waals surface area contributed by atoms with Gasteiger partial charge in [0.1, 0.15) is 17.4 Å². The molecule has 4 rings (SSSR count). The van der Waals surface area contributed by atoms with Crippen molar-refractivity contribution < 1.29 is 5.11 Å². The number of fused-ring (bicyclic) bond motifs is 1. The number of phenols is 1. The van der Waals surface area contributed by atoms with E-state index in [1.165, 1.54) is 24.0 Å². The monoisotopic (exact) mass is 284 g/mol. The van der Waals surface area contributed by atoms with Crippen molar-refractivity contribution in [1.82, 2.24) is 19.7 Å². The predicted molar refractivity (Wildman–Crippen MR) is 79.0 cm³/mol. The van der Waals surface area contributed by atoms with Crippen molar-refractivity contribution >= 4 is 0 Å². The van der Waals surface area contributed by atoms with E-state index in [1.807, 2.05) is 19.1 Å². The Morgan fingerprint density at radius 3 is 2.90 bits per heavy atom. The van der Waals surface area contributed by atoms with Crippen LogP contribution in [0, 0.1) is 6.92 Å². The number of aryl methyl sites for hydroxylation is 1. The molecule has 5 heteroatoms. The van der Waals surface area contributed by atoms with Crippen LogP contribution in [-0.4, -0.2) is 31.3 Å². The quantitative estimate of drug-likeness (QED) is 0.938. The van der Waals surface area contributed by atoms with Gasteiger partial charge in [-0.25, -0.2) is 0 Å². The first-order valence-corrected chi connectivity index (χ1v) is 7.64. The normalized spacial score (nSPS) is 18.7. The number of benzene rings is 1. The highest BCUT2D eigenvalue weighted by molar-refractivity contribution is 5.36. The molecule has 0 amide bonds. The van der Waals surface area contributed by atoms with E-state index in [-0.39, 0.29) is 0 Å². The zero-order chi connectivity index (χ0) is 14.4. The van der Waals surface area contributed by atoms with Crippen molar-refractivity contribution in [3.05, 3.63) is 41.0 Å². The second-order valence-corrected chi connectivity index (χ2v) is 6.18. The summed E-state index contributed by atoms with van der Waals surface area (Å²) in [5.74, 6) is 2.47. The number of phenolic OH excluding ortho intramolecular Hbond substituents is 1. The smallest absolute Gasteiger partial charge is 0.147 e. The SMILES string of the molecule is Cc1nnc(CN2CCc3ccc(O)cc3C2)n1C1CC1. The lowest BCUT2D eigenvalue weighted by Gasteiger charge is -2.28. The lowest BCUT2D eigenvalue weighted by Crippen LogP contribution is -2.31. The van der Waals surface area contributed by atoms with Gasteiger partial charge in [-0.05, 0) is 49.4 Å². The summed E-state index contributed by atoms with van der Waals surface area (Å²) in [7, 11) is 0. The van der Waals surface area contributed by atoms with Crippen molar-refractivity contribution in [3.63, 3.8) is 0 Å². The molecule has 2 aliphatic rings. The highest BCUT2D eigenvalue weighted by Crippen LogP contribution is 2.36. The fraction of sp³-hybridized carbons (Fsp3) is 0.500. The van der Waals surface area contributed by atoms with Crippen LogP contribution in [0.4, 0.5) is 0 Å². The summed E-state index contributed by atoms with van der Waals surface area (Å²) in [5.41, 5.74) is 2.58. The summed E-state index contributed by atoms with van der Waals surface area (Å²) in [6, 6.07) is 6.33. The Labute approximate surface area is 124 Å². The lowest BCUT2D eigenvalue weighted by atomic mass is 9.99. The summed E-state index contributed by atoms with van der Waals surface area (Å²) in [6.45, 7) is 4.79. The largest absolute Gasteiger partial charge is 0.508 e. The molecule has 0 spiro atoms. The maximum atomic E-state index is 9.65. The number of aromatic nitrogens is 3. The second-order valence-electron chi connectivity index (χ2n) is 6.18. The van der Waals surface area contributed by atoms with Gasteiger partial charge in [0, 0.05) is 19.1 Å². The number of nitrogens with zero attached hydrogens (tertiary/aromatic N) is 4. The third-order valence-electron chi connectivity index (χ3n) is 4.50. The topological polar surface area (TPSA) is 54.2 Å². The van der Waals surface area contributed by atoms with Gasteiger partial charge in [-0.2, -0.15) is 0 Å². The Morgan fingerprint density at radius 2 is 2.10 bits per heavy atom. The van der Waals surface area contributed by atoms with Crippen LogP contribution in [-0.2, 0) is 19.5 Å². The van der Waals surface area contributed by atoms with Crippen LogP contribution >= 0.6 is 0 Å². The molecule has 1 aromatic heterocycles. The van der Waals surface area contributed by atoms with Crippen LogP contribution in [0.1, 0.15) is 41.7 Å². The molecular weight excluding hydrogens is 264 g/mol. The summed E-state index contributed by atoms with van der Waals surface area (Å²) in [4.78, 5) is 2.39. The van der Waals surface area contributed by atoms with Crippen LogP contribution in [0.2, 0.25) is 0 Å². The maximum Gasteiger partial charge on any atom is 0.147 e. The molecular formula is C16H20N4O. The Morgan fingerprint density at radius 1 is 1.24 bits per heavy atom. The fourth-order valence-electron chi connectivity index (χ4n) is 3.27. The Balaban J connectivity index is 1.54. The third-order valence-corrected chi connectivity index (χ3v) is 4.50. The van der Waals surface area contributed by atoms with Gasteiger partial charge in [0.25, 0.3) is 0 Å². The highest BCUT2D eigenvalue weighted by atomic mass is 16.3. The molecule has 1 fully saturated rings. The van der Waals surface area contributed by atoms with Crippen molar-refractivity contribution in [2.75, 3.05) is 6.54 Å². The molecule has 0 saturated heterocycles. The zero-order valence-electron chi connectivity index (χ0n) is 12.3. The minimum atomic E-state index is 0.354. The van der Waals surface area contributed by atoms with Gasteiger partial charge < -0.3 is 9.67 Å². The van der Waals surface area contributed by atoms with Crippen molar-refractivity contribution in [1.29, 1.82) is 0 Å². The molecule has 2 heterocycles. The van der Waals surface area contributed by atoms with Crippen molar-refractivity contribution in [3.8, 4) is 5.75 Å². The van der Waals surface area contributed by atoms with Gasteiger partial charge in [-0.3, -0.25) is 4.90 Å². The fourth-order valence-corrected chi connectivity index (χ4v) is 3.27. The van der Waals surface area contributed by atoms with Crippen LogP contribution in [0.25, 0.3) is 0 Å². The Kier molecular flexibility index (Phi) is 2.96. The summed E-state index contributed by atoms with van der Waals surface area (Å²) < 4.78 is 2.30. The van der Waals surface area contributed by atoms with Crippen molar-refractivity contribution in [2.24, 2.45) is 0 Å². The molecule has 2 aromatic rings. The first-order chi connectivity index (χ1) is 10.2. The van der Waals surface area contributed by atoms with E-state index < -0.39 is 0 Å². The summed E-state index contributed by atoms with van der Waals surface area (Å²) in [5, 5.41) is 18.3. The summed E-state index contributed by atoms with van der Waals surface area (Å²) in [6.07, 6.45) is 3.54. The first kappa shape index (κ1) is 12.8. The summed E-state index contributed by atoms with van der Waals surface area (Å²) >= 11 is 0. The van der Waals surface area contributed by atoms with E-state index >= 15 is 0 Å². The van der Waals surface area contributed by atoms with Crippen LogP contribution in [0.5, 0.6) is 5.75 Å². The molecule has 110 valence electrons. The van der Waals surface area contributed by atoms with Crippen LogP contribution in [0.15, 0.2) is 18.2 Å². The van der Waals surface area contributed by atoms with Gasteiger partial charge in [0.05, 0.1) is 6.54 Å². The number of hydrogen-bond acceptors (Lipinski definition) is 4. The molecule has 0 unspecified atom stereocenters.